The van der Waals surface area contributed by atoms with E-state index >= 15 is 0 Å². The number of aryl methyl sites for hydroxylation is 1. The Morgan fingerprint density at radius 3 is 2.75 bits per heavy atom. The van der Waals surface area contributed by atoms with Crippen molar-refractivity contribution in [3.63, 3.8) is 0 Å². The van der Waals surface area contributed by atoms with E-state index in [-0.39, 0.29) is 11.7 Å². The quantitative estimate of drug-likeness (QED) is 0.788. The van der Waals surface area contributed by atoms with Crippen molar-refractivity contribution in [1.29, 1.82) is 0 Å². The van der Waals surface area contributed by atoms with Crippen LogP contribution in [0, 0.1) is 5.82 Å². The Morgan fingerprint density at radius 2 is 2.00 bits per heavy atom. The second-order valence-electron chi connectivity index (χ2n) is 4.56. The molecule has 0 unspecified atom stereocenters. The SMILES string of the molecule is CNCc1ccnc(OCCCc2ccccc2)c1F. The van der Waals surface area contributed by atoms with Crippen LogP contribution in [-0.4, -0.2) is 18.6 Å². The molecule has 1 aromatic heterocycles. The molecular weight excluding hydrogens is 255 g/mol. The molecule has 1 heterocycles. The molecular formula is C16H19FN2O. The first-order valence-corrected chi connectivity index (χ1v) is 6.76. The molecule has 3 nitrogen and oxygen atoms in total. The van der Waals surface area contributed by atoms with Crippen LogP contribution in [0.3, 0.4) is 0 Å². The minimum atomic E-state index is -0.374. The van der Waals surface area contributed by atoms with Crippen molar-refractivity contribution in [2.75, 3.05) is 13.7 Å². The number of hydrogen-bond acceptors (Lipinski definition) is 3. The summed E-state index contributed by atoms with van der Waals surface area (Å²) in [4.78, 5) is 3.94. The van der Waals surface area contributed by atoms with Gasteiger partial charge in [-0.15, -0.1) is 0 Å². The maximum absolute atomic E-state index is 14.0. The van der Waals surface area contributed by atoms with Gasteiger partial charge >= 0.3 is 0 Å². The minimum absolute atomic E-state index is 0.0887. The molecule has 4 heteroatoms. The lowest BCUT2D eigenvalue weighted by molar-refractivity contribution is 0.282. The number of nitrogens with zero attached hydrogens (tertiary/aromatic N) is 1. The van der Waals surface area contributed by atoms with Crippen LogP contribution in [0.15, 0.2) is 42.6 Å². The monoisotopic (exact) mass is 274 g/mol. The Morgan fingerprint density at radius 1 is 1.20 bits per heavy atom. The summed E-state index contributed by atoms with van der Waals surface area (Å²) in [7, 11) is 1.78. The summed E-state index contributed by atoms with van der Waals surface area (Å²) in [5, 5.41) is 2.92. The van der Waals surface area contributed by atoms with Gasteiger partial charge in [-0.25, -0.2) is 9.37 Å². The van der Waals surface area contributed by atoms with Crippen molar-refractivity contribution >= 4 is 0 Å². The summed E-state index contributed by atoms with van der Waals surface area (Å²) < 4.78 is 19.4. The van der Waals surface area contributed by atoms with Crippen LogP contribution in [-0.2, 0) is 13.0 Å². The lowest BCUT2D eigenvalue weighted by Crippen LogP contribution is -2.09. The van der Waals surface area contributed by atoms with Gasteiger partial charge in [0.15, 0.2) is 5.82 Å². The molecule has 106 valence electrons. The molecule has 0 aliphatic heterocycles. The Kier molecular flexibility index (Phi) is 5.50. The van der Waals surface area contributed by atoms with E-state index in [4.69, 9.17) is 4.74 Å². The molecule has 0 aliphatic rings. The van der Waals surface area contributed by atoms with Gasteiger partial charge in [0.1, 0.15) is 0 Å². The van der Waals surface area contributed by atoms with E-state index in [0.29, 0.717) is 18.7 Å². The van der Waals surface area contributed by atoms with Crippen LogP contribution in [0.5, 0.6) is 5.88 Å². The van der Waals surface area contributed by atoms with Crippen molar-refractivity contribution in [2.24, 2.45) is 0 Å². The molecule has 1 aromatic carbocycles. The summed E-state index contributed by atoms with van der Waals surface area (Å²) >= 11 is 0. The van der Waals surface area contributed by atoms with Gasteiger partial charge in [0, 0.05) is 18.3 Å². The number of benzene rings is 1. The lowest BCUT2D eigenvalue weighted by atomic mass is 10.1. The number of hydrogen-bond donors (Lipinski definition) is 1. The Labute approximate surface area is 118 Å². The normalized spacial score (nSPS) is 10.5. The van der Waals surface area contributed by atoms with E-state index < -0.39 is 0 Å². The molecule has 0 radical (unpaired) electrons. The zero-order chi connectivity index (χ0) is 14.2. The van der Waals surface area contributed by atoms with Crippen LogP contribution in [0.4, 0.5) is 4.39 Å². The van der Waals surface area contributed by atoms with Gasteiger partial charge in [0.2, 0.25) is 0 Å². The van der Waals surface area contributed by atoms with Crippen LogP contribution < -0.4 is 10.1 Å². The predicted molar refractivity (Wildman–Crippen MR) is 77.2 cm³/mol. The van der Waals surface area contributed by atoms with Crippen LogP contribution >= 0.6 is 0 Å². The first kappa shape index (κ1) is 14.5. The van der Waals surface area contributed by atoms with E-state index in [1.165, 1.54) is 5.56 Å². The largest absolute Gasteiger partial charge is 0.476 e. The van der Waals surface area contributed by atoms with Gasteiger partial charge in [-0.1, -0.05) is 30.3 Å². The van der Waals surface area contributed by atoms with E-state index in [9.17, 15) is 4.39 Å². The average molecular weight is 274 g/mol. The number of rotatable bonds is 7. The van der Waals surface area contributed by atoms with Crippen molar-refractivity contribution < 1.29 is 9.13 Å². The van der Waals surface area contributed by atoms with Crippen LogP contribution in [0.2, 0.25) is 0 Å². The highest BCUT2D eigenvalue weighted by molar-refractivity contribution is 5.23. The first-order chi connectivity index (χ1) is 9.81. The summed E-state index contributed by atoms with van der Waals surface area (Å²) in [6.45, 7) is 0.927. The highest BCUT2D eigenvalue weighted by Gasteiger charge is 2.09. The number of pyridine rings is 1. The van der Waals surface area contributed by atoms with E-state index in [2.05, 4.69) is 22.4 Å². The predicted octanol–water partition coefficient (Wildman–Crippen LogP) is 2.95. The van der Waals surface area contributed by atoms with E-state index in [0.717, 1.165) is 12.8 Å². The van der Waals surface area contributed by atoms with Gasteiger partial charge < -0.3 is 10.1 Å². The topological polar surface area (TPSA) is 34.2 Å². The van der Waals surface area contributed by atoms with E-state index in [1.807, 2.05) is 18.2 Å². The molecule has 0 saturated carbocycles. The van der Waals surface area contributed by atoms with Gasteiger partial charge in [-0.2, -0.15) is 0 Å². The maximum atomic E-state index is 14.0. The summed E-state index contributed by atoms with van der Waals surface area (Å²) in [5.74, 6) is -0.285. The molecule has 2 aromatic rings. The van der Waals surface area contributed by atoms with Gasteiger partial charge in [-0.3, -0.25) is 0 Å². The van der Waals surface area contributed by atoms with Gasteiger partial charge in [0.25, 0.3) is 5.88 Å². The van der Waals surface area contributed by atoms with Crippen molar-refractivity contribution in [3.8, 4) is 5.88 Å². The number of aromatic nitrogens is 1. The second-order valence-corrected chi connectivity index (χ2v) is 4.56. The Hall–Kier alpha value is -1.94. The summed E-state index contributed by atoms with van der Waals surface area (Å²) in [5.41, 5.74) is 1.83. The van der Waals surface area contributed by atoms with Crippen molar-refractivity contribution in [3.05, 3.63) is 59.5 Å². The number of halogens is 1. The smallest absolute Gasteiger partial charge is 0.250 e. The zero-order valence-electron chi connectivity index (χ0n) is 11.6. The van der Waals surface area contributed by atoms with Crippen LogP contribution in [0.1, 0.15) is 17.5 Å². The molecule has 0 bridgehead atoms. The third kappa shape index (κ3) is 4.03. The van der Waals surface area contributed by atoms with Gasteiger partial charge in [0.05, 0.1) is 6.61 Å². The molecule has 20 heavy (non-hydrogen) atoms. The fourth-order valence-corrected chi connectivity index (χ4v) is 1.98. The second kappa shape index (κ2) is 7.60. The summed E-state index contributed by atoms with van der Waals surface area (Å²) in [6.07, 6.45) is 3.32. The van der Waals surface area contributed by atoms with Crippen LogP contribution in [0.25, 0.3) is 0 Å². The Bertz CT molecular complexity index is 531. The molecule has 1 N–H and O–H groups in total. The van der Waals surface area contributed by atoms with Crippen molar-refractivity contribution in [2.45, 2.75) is 19.4 Å². The van der Waals surface area contributed by atoms with E-state index in [1.54, 1.807) is 19.3 Å². The molecule has 0 atom stereocenters. The number of ether oxygens (including phenoxy) is 1. The molecule has 0 saturated heterocycles. The third-order valence-corrected chi connectivity index (χ3v) is 3.00. The maximum Gasteiger partial charge on any atom is 0.250 e. The fourth-order valence-electron chi connectivity index (χ4n) is 1.98. The average Bonchev–Trinajstić information content (AvgIpc) is 2.48. The Balaban J connectivity index is 1.83. The van der Waals surface area contributed by atoms with Crippen molar-refractivity contribution in [1.82, 2.24) is 10.3 Å². The minimum Gasteiger partial charge on any atom is -0.476 e. The summed E-state index contributed by atoms with van der Waals surface area (Å²) in [6, 6.07) is 11.8. The fraction of sp³-hybridized carbons (Fsp3) is 0.312. The first-order valence-electron chi connectivity index (χ1n) is 6.76. The molecule has 2 rings (SSSR count). The highest BCUT2D eigenvalue weighted by atomic mass is 19.1. The zero-order valence-corrected chi connectivity index (χ0v) is 11.6. The number of nitrogens with one attached hydrogen (secondary N) is 1. The molecule has 0 amide bonds. The third-order valence-electron chi connectivity index (χ3n) is 3.00. The molecule has 0 aliphatic carbocycles. The lowest BCUT2D eigenvalue weighted by Gasteiger charge is -2.09. The molecule has 0 spiro atoms. The highest BCUT2D eigenvalue weighted by Crippen LogP contribution is 2.17. The molecule has 0 fully saturated rings. The standard InChI is InChI=1S/C16H19FN2O/c1-18-12-14-9-10-19-16(15(14)17)20-11-5-8-13-6-3-2-4-7-13/h2-4,6-7,9-10,18H,5,8,11-12H2,1H3. The van der Waals surface area contributed by atoms with Gasteiger partial charge in [-0.05, 0) is 31.5 Å².